The maximum absolute atomic E-state index is 14.3. The topological polar surface area (TPSA) is 183 Å². The average Bonchev–Trinajstić information content (AvgIpc) is 3.74. The minimum Gasteiger partial charge on any atom is -0.445 e. The number of nitrogens with zero attached hydrogens (tertiary/aromatic N) is 3. The molecule has 246 valence electrons. The molecule has 13 heteroatoms. The average molecular weight is 636 g/mol. The normalized spacial score (nSPS) is 25.1. The summed E-state index contributed by atoms with van der Waals surface area (Å²) in [7, 11) is 0. The van der Waals surface area contributed by atoms with Crippen LogP contribution in [0.4, 0.5) is 4.79 Å². The predicted octanol–water partition coefficient (Wildman–Crippen LogP) is 0.833. The van der Waals surface area contributed by atoms with Crippen molar-refractivity contribution >= 4 is 29.7 Å². The molecule has 5 rings (SSSR count). The van der Waals surface area contributed by atoms with E-state index in [0.717, 1.165) is 10.5 Å². The number of amides is 5. The van der Waals surface area contributed by atoms with E-state index in [0.29, 0.717) is 31.2 Å². The number of benzene rings is 2. The van der Waals surface area contributed by atoms with Crippen LogP contribution in [-0.2, 0) is 30.5 Å². The number of likely N-dealkylation sites (tertiary alicyclic amines) is 3. The van der Waals surface area contributed by atoms with Crippen LogP contribution in [0, 0.1) is 0 Å². The maximum Gasteiger partial charge on any atom is 0.408 e. The summed E-state index contributed by atoms with van der Waals surface area (Å²) in [5.74, 6) is -2.40. The Bertz CT molecular complexity index is 1450. The van der Waals surface area contributed by atoms with Gasteiger partial charge in [0.2, 0.25) is 17.7 Å². The molecule has 7 atom stereocenters. The van der Waals surface area contributed by atoms with E-state index in [1.807, 2.05) is 6.07 Å². The number of carbonyl (C=O) groups is 5. The van der Waals surface area contributed by atoms with Gasteiger partial charge < -0.3 is 35.8 Å². The number of nitrogens with two attached hydrogens (primary N) is 1. The van der Waals surface area contributed by atoms with E-state index in [9.17, 15) is 34.2 Å². The zero-order valence-corrected chi connectivity index (χ0v) is 26.0. The van der Waals surface area contributed by atoms with Crippen molar-refractivity contribution in [2.24, 2.45) is 5.73 Å². The summed E-state index contributed by atoms with van der Waals surface area (Å²) in [6.07, 6.45) is -1.76. The Hall–Kier alpha value is -4.33. The van der Waals surface area contributed by atoms with Gasteiger partial charge in [-0.25, -0.2) is 4.79 Å². The first-order valence-corrected chi connectivity index (χ1v) is 15.6. The van der Waals surface area contributed by atoms with Gasteiger partial charge in [0.05, 0.1) is 18.2 Å². The highest BCUT2D eigenvalue weighted by Gasteiger charge is 2.69. The number of carbonyl (C=O) groups excluding carboxylic acids is 5. The van der Waals surface area contributed by atoms with Crippen molar-refractivity contribution in [2.45, 2.75) is 88.1 Å². The van der Waals surface area contributed by atoms with E-state index in [1.165, 1.54) is 23.6 Å². The van der Waals surface area contributed by atoms with Crippen molar-refractivity contribution in [1.29, 1.82) is 0 Å². The van der Waals surface area contributed by atoms with Crippen molar-refractivity contribution in [3.63, 3.8) is 0 Å². The molecule has 0 aliphatic carbocycles. The number of aliphatic hydroxyl groups is 2. The first kappa shape index (κ1) is 33.0. The first-order valence-electron chi connectivity index (χ1n) is 15.6. The molecule has 3 aliphatic heterocycles. The lowest BCUT2D eigenvalue weighted by Gasteiger charge is -2.57. The number of ether oxygens (including phenoxy) is 1. The number of hydrogen-bond donors (Lipinski definition) is 4. The fraction of sp³-hybridized carbons (Fsp3) is 0.485. The second-order valence-electron chi connectivity index (χ2n) is 12.2. The molecule has 2 aromatic rings. The van der Waals surface area contributed by atoms with Crippen molar-refractivity contribution in [3.05, 3.63) is 71.8 Å². The summed E-state index contributed by atoms with van der Waals surface area (Å²) in [4.78, 5) is 71.9. The Kier molecular flexibility index (Phi) is 9.75. The molecule has 2 aromatic carbocycles. The van der Waals surface area contributed by atoms with Crippen LogP contribution in [-0.4, -0.2) is 104 Å². The molecule has 46 heavy (non-hydrogen) atoms. The van der Waals surface area contributed by atoms with Crippen LogP contribution in [0.5, 0.6) is 0 Å². The number of nitrogens with one attached hydrogen (secondary N) is 1. The maximum atomic E-state index is 14.3. The van der Waals surface area contributed by atoms with Crippen LogP contribution < -0.4 is 11.1 Å². The van der Waals surface area contributed by atoms with Crippen LogP contribution in [0.3, 0.4) is 0 Å². The third-order valence-electron chi connectivity index (χ3n) is 9.20. The Morgan fingerprint density at radius 3 is 2.24 bits per heavy atom. The van der Waals surface area contributed by atoms with Gasteiger partial charge in [-0.15, -0.1) is 0 Å². The molecule has 3 heterocycles. The van der Waals surface area contributed by atoms with Gasteiger partial charge in [0.25, 0.3) is 5.91 Å². The Morgan fingerprint density at radius 2 is 1.61 bits per heavy atom. The van der Waals surface area contributed by atoms with Crippen LogP contribution >= 0.6 is 0 Å². The second kappa shape index (κ2) is 13.6. The molecule has 5 amide bonds. The number of imide groups is 1. The SMILES string of the molecule is CC(O)C(N)C(=O)N1C(=O)C2(CCCN2C(=O)C2CCCN2C(=O)C(NC(=O)OCc2ccccc2)C(C)O)C1c1ccccc1. The van der Waals surface area contributed by atoms with E-state index in [4.69, 9.17) is 10.5 Å². The predicted molar refractivity (Wildman–Crippen MR) is 164 cm³/mol. The summed E-state index contributed by atoms with van der Waals surface area (Å²) < 4.78 is 5.25. The molecule has 0 bridgehead atoms. The number of alkyl carbamates (subject to hydrolysis) is 1. The highest BCUT2D eigenvalue weighted by molar-refractivity contribution is 6.10. The molecule has 0 aromatic heterocycles. The molecule has 3 aliphatic rings. The van der Waals surface area contributed by atoms with E-state index in [-0.39, 0.29) is 19.7 Å². The Labute approximate surface area is 267 Å². The summed E-state index contributed by atoms with van der Waals surface area (Å²) in [5.41, 5.74) is 5.98. The van der Waals surface area contributed by atoms with Crippen LogP contribution in [0.1, 0.15) is 56.7 Å². The van der Waals surface area contributed by atoms with Gasteiger partial charge >= 0.3 is 6.09 Å². The molecule has 3 fully saturated rings. The van der Waals surface area contributed by atoms with Crippen LogP contribution in [0.2, 0.25) is 0 Å². The first-order chi connectivity index (χ1) is 22.0. The van der Waals surface area contributed by atoms with Gasteiger partial charge in [-0.05, 0) is 50.7 Å². The molecular formula is C33H41N5O8. The smallest absolute Gasteiger partial charge is 0.408 e. The highest BCUT2D eigenvalue weighted by Crippen LogP contribution is 2.53. The third-order valence-corrected chi connectivity index (χ3v) is 9.20. The summed E-state index contributed by atoms with van der Waals surface area (Å²) in [6, 6.07) is 13.4. The van der Waals surface area contributed by atoms with Gasteiger partial charge in [0, 0.05) is 13.1 Å². The number of β-lactam (4-membered cyclic amide) rings is 1. The molecule has 13 nitrogen and oxygen atoms in total. The molecule has 0 saturated carbocycles. The lowest BCUT2D eigenvalue weighted by atomic mass is 9.72. The van der Waals surface area contributed by atoms with Crippen LogP contribution in [0.15, 0.2) is 60.7 Å². The van der Waals surface area contributed by atoms with Gasteiger partial charge in [-0.2, -0.15) is 0 Å². The quantitative estimate of drug-likeness (QED) is 0.290. The number of hydrogen-bond acceptors (Lipinski definition) is 9. The van der Waals surface area contributed by atoms with Gasteiger partial charge in [0.15, 0.2) is 0 Å². The summed E-state index contributed by atoms with van der Waals surface area (Å²) in [5, 5.41) is 22.9. The fourth-order valence-electron chi connectivity index (χ4n) is 6.83. The van der Waals surface area contributed by atoms with E-state index < -0.39 is 71.6 Å². The van der Waals surface area contributed by atoms with Crippen molar-refractivity contribution < 1.29 is 38.9 Å². The van der Waals surface area contributed by atoms with E-state index >= 15 is 0 Å². The molecular weight excluding hydrogens is 594 g/mol. The van der Waals surface area contributed by atoms with E-state index in [2.05, 4.69) is 5.32 Å². The fourth-order valence-corrected chi connectivity index (χ4v) is 6.83. The Morgan fingerprint density at radius 1 is 0.957 bits per heavy atom. The minimum atomic E-state index is -1.37. The molecule has 0 radical (unpaired) electrons. The lowest BCUT2D eigenvalue weighted by Crippen LogP contribution is -2.77. The molecule has 7 unspecified atom stereocenters. The summed E-state index contributed by atoms with van der Waals surface area (Å²) in [6.45, 7) is 3.15. The lowest BCUT2D eigenvalue weighted by molar-refractivity contribution is -0.187. The minimum absolute atomic E-state index is 0.0342. The molecule has 5 N–H and O–H groups in total. The second-order valence-corrected chi connectivity index (χ2v) is 12.2. The van der Waals surface area contributed by atoms with Gasteiger partial charge in [-0.3, -0.25) is 24.1 Å². The van der Waals surface area contributed by atoms with Crippen molar-refractivity contribution in [1.82, 2.24) is 20.0 Å². The standard InChI is InChI=1S/C33H41N5O8/c1-20(39)25(34)29(42)38-27(23-13-7-4-8-14-23)33(31(38)44)16-10-18-37(33)28(41)24-15-9-17-36(24)30(43)26(21(2)40)35-32(45)46-19-22-11-5-3-6-12-22/h3-8,11-14,20-21,24-27,39-40H,9-10,15-19,34H2,1-2H3,(H,35,45). The number of aliphatic hydroxyl groups excluding tert-OH is 2. The zero-order valence-electron chi connectivity index (χ0n) is 26.0. The third kappa shape index (κ3) is 5.97. The Balaban J connectivity index is 1.36. The molecule has 1 spiro atoms. The largest absolute Gasteiger partial charge is 0.445 e. The highest BCUT2D eigenvalue weighted by atomic mass is 16.5. The van der Waals surface area contributed by atoms with Gasteiger partial charge in [-0.1, -0.05) is 60.7 Å². The number of rotatable bonds is 9. The summed E-state index contributed by atoms with van der Waals surface area (Å²) >= 11 is 0. The van der Waals surface area contributed by atoms with Crippen molar-refractivity contribution in [2.75, 3.05) is 13.1 Å². The van der Waals surface area contributed by atoms with E-state index in [1.54, 1.807) is 54.6 Å². The van der Waals surface area contributed by atoms with Gasteiger partial charge in [0.1, 0.15) is 30.3 Å². The van der Waals surface area contributed by atoms with Crippen molar-refractivity contribution in [3.8, 4) is 0 Å². The molecule has 3 saturated heterocycles. The zero-order chi connectivity index (χ0) is 33.2. The van der Waals surface area contributed by atoms with Crippen LogP contribution in [0.25, 0.3) is 0 Å². The monoisotopic (exact) mass is 635 g/mol.